The molecule has 2 aromatic rings. The Morgan fingerprint density at radius 1 is 0.676 bits per heavy atom. The molecule has 2 heterocycles. The number of thioether (sulfide) groups is 2. The van der Waals surface area contributed by atoms with Crippen molar-refractivity contribution in [2.24, 2.45) is 0 Å². The Hall–Kier alpha value is -2.98. The van der Waals surface area contributed by atoms with E-state index in [1.165, 1.54) is 33.3 Å². The van der Waals surface area contributed by atoms with Crippen molar-refractivity contribution in [3.05, 3.63) is 71.8 Å². The molecule has 0 bridgehead atoms. The molecule has 2 aliphatic heterocycles. The monoisotopic (exact) mass is 500 g/mol. The summed E-state index contributed by atoms with van der Waals surface area (Å²) in [7, 11) is 0. The van der Waals surface area contributed by atoms with E-state index in [2.05, 4.69) is 0 Å². The van der Waals surface area contributed by atoms with Gasteiger partial charge in [0.2, 0.25) is 11.8 Å². The maximum absolute atomic E-state index is 13.2. The second-order valence-electron chi connectivity index (χ2n) is 8.00. The van der Waals surface area contributed by atoms with Crippen molar-refractivity contribution in [3.8, 4) is 0 Å². The van der Waals surface area contributed by atoms with Crippen LogP contribution in [0.5, 0.6) is 0 Å². The molecular weight excluding hydrogens is 476 g/mol. The number of aliphatic carboxylic acids is 2. The average molecular weight is 501 g/mol. The molecule has 2 unspecified atom stereocenters. The molecule has 10 heteroatoms. The van der Waals surface area contributed by atoms with Crippen LogP contribution in [-0.2, 0) is 19.2 Å². The predicted octanol–water partition coefficient (Wildman–Crippen LogP) is 3.22. The van der Waals surface area contributed by atoms with Gasteiger partial charge >= 0.3 is 11.9 Å². The molecule has 2 N–H and O–H groups in total. The Morgan fingerprint density at radius 3 is 1.35 bits per heavy atom. The molecule has 2 aliphatic rings. The van der Waals surface area contributed by atoms with Crippen molar-refractivity contribution >= 4 is 47.3 Å². The van der Waals surface area contributed by atoms with Gasteiger partial charge in [-0.05, 0) is 11.1 Å². The minimum Gasteiger partial charge on any atom is -0.480 e. The van der Waals surface area contributed by atoms with Crippen molar-refractivity contribution in [3.63, 3.8) is 0 Å². The third-order valence-corrected chi connectivity index (χ3v) is 8.52. The minimum atomic E-state index is -1.09. The maximum atomic E-state index is 13.2. The summed E-state index contributed by atoms with van der Waals surface area (Å²) in [4.78, 5) is 52.7. The molecule has 0 aliphatic carbocycles. The Kier molecular flexibility index (Phi) is 7.47. The molecular formula is C24H24N2O6S2. The van der Waals surface area contributed by atoms with E-state index in [-0.39, 0.29) is 24.3 Å². The van der Waals surface area contributed by atoms with Crippen LogP contribution in [0, 0.1) is 0 Å². The van der Waals surface area contributed by atoms with E-state index in [1.807, 2.05) is 60.7 Å². The summed E-state index contributed by atoms with van der Waals surface area (Å²) in [6.45, 7) is 0. The standard InChI is InChI=1S/C24H24N2O6S2/c27-19(25-17(23(29)30)13-33-21(25)15-7-3-1-4-8-15)11-12-20(28)26-18(24(31)32)14-34-22(26)16-9-5-2-6-10-16/h1-10,17-18,21-22H,11-14H2,(H,29,30)(H,31,32)/t17-,18-,21?,22?/m0/s1. The quantitative estimate of drug-likeness (QED) is 0.596. The highest BCUT2D eigenvalue weighted by atomic mass is 32.2. The van der Waals surface area contributed by atoms with E-state index in [0.717, 1.165) is 11.1 Å². The summed E-state index contributed by atoms with van der Waals surface area (Å²) in [6.07, 6.45) is -0.386. The van der Waals surface area contributed by atoms with Gasteiger partial charge in [0.15, 0.2) is 0 Å². The number of hydrogen-bond donors (Lipinski definition) is 2. The maximum Gasteiger partial charge on any atom is 0.327 e. The van der Waals surface area contributed by atoms with Gasteiger partial charge in [-0.1, -0.05) is 60.7 Å². The summed E-state index contributed by atoms with van der Waals surface area (Å²) in [5.41, 5.74) is 1.64. The number of carboxylic acid groups (broad SMARTS) is 2. The van der Waals surface area contributed by atoms with E-state index in [4.69, 9.17) is 0 Å². The van der Waals surface area contributed by atoms with Crippen molar-refractivity contribution in [1.29, 1.82) is 0 Å². The van der Waals surface area contributed by atoms with Gasteiger partial charge in [0.05, 0.1) is 0 Å². The number of benzene rings is 2. The third kappa shape index (κ3) is 4.92. The van der Waals surface area contributed by atoms with Crippen LogP contribution in [0.25, 0.3) is 0 Å². The molecule has 4 rings (SSSR count). The summed E-state index contributed by atoms with van der Waals surface area (Å²) in [5, 5.41) is 18.4. The Bertz CT molecular complexity index is 982. The van der Waals surface area contributed by atoms with Crippen molar-refractivity contribution in [1.82, 2.24) is 9.80 Å². The topological polar surface area (TPSA) is 115 Å². The molecule has 178 valence electrons. The number of rotatable bonds is 7. The molecule has 0 saturated carbocycles. The largest absolute Gasteiger partial charge is 0.480 e. The molecule has 0 spiro atoms. The lowest BCUT2D eigenvalue weighted by Crippen LogP contribution is -2.45. The summed E-state index contributed by atoms with van der Waals surface area (Å²) in [6, 6.07) is 16.4. The molecule has 34 heavy (non-hydrogen) atoms. The molecule has 2 fully saturated rings. The molecule has 0 aromatic heterocycles. The molecule has 4 atom stereocenters. The van der Waals surface area contributed by atoms with E-state index < -0.39 is 46.6 Å². The first kappa shape index (κ1) is 24.2. The number of hydrogen-bond acceptors (Lipinski definition) is 6. The minimum absolute atomic E-state index is 0.193. The Balaban J connectivity index is 1.50. The fourth-order valence-corrected chi connectivity index (χ4v) is 7.11. The van der Waals surface area contributed by atoms with Gasteiger partial charge in [0.1, 0.15) is 22.8 Å². The lowest BCUT2D eigenvalue weighted by atomic mass is 10.1. The van der Waals surface area contributed by atoms with Crippen LogP contribution in [0.3, 0.4) is 0 Å². The fraction of sp³-hybridized carbons (Fsp3) is 0.333. The zero-order valence-electron chi connectivity index (χ0n) is 18.1. The van der Waals surface area contributed by atoms with Gasteiger partial charge in [0.25, 0.3) is 0 Å². The van der Waals surface area contributed by atoms with E-state index in [1.54, 1.807) is 0 Å². The highest BCUT2D eigenvalue weighted by molar-refractivity contribution is 8.00. The van der Waals surface area contributed by atoms with Crippen LogP contribution in [0.2, 0.25) is 0 Å². The van der Waals surface area contributed by atoms with E-state index in [9.17, 15) is 29.4 Å². The molecule has 2 aromatic carbocycles. The fourth-order valence-electron chi connectivity index (χ4n) is 4.22. The number of carbonyl (C=O) groups is 4. The lowest BCUT2D eigenvalue weighted by Gasteiger charge is -2.29. The highest BCUT2D eigenvalue weighted by Gasteiger charge is 2.44. The van der Waals surface area contributed by atoms with Crippen LogP contribution in [0.1, 0.15) is 34.7 Å². The smallest absolute Gasteiger partial charge is 0.327 e. The zero-order chi connectivity index (χ0) is 24.2. The summed E-state index contributed by atoms with van der Waals surface area (Å²) >= 11 is 2.76. The van der Waals surface area contributed by atoms with E-state index in [0.29, 0.717) is 0 Å². The second kappa shape index (κ2) is 10.5. The molecule has 0 radical (unpaired) electrons. The van der Waals surface area contributed by atoms with Gasteiger partial charge in [-0.2, -0.15) is 0 Å². The van der Waals surface area contributed by atoms with Gasteiger partial charge in [-0.15, -0.1) is 23.5 Å². The van der Waals surface area contributed by atoms with E-state index >= 15 is 0 Å². The Morgan fingerprint density at radius 2 is 1.03 bits per heavy atom. The first-order chi connectivity index (χ1) is 16.4. The Labute approximate surface area is 205 Å². The summed E-state index contributed by atoms with van der Waals surface area (Å²) in [5.74, 6) is -2.53. The number of amides is 2. The summed E-state index contributed by atoms with van der Waals surface area (Å²) < 4.78 is 0. The van der Waals surface area contributed by atoms with Gasteiger partial charge in [0, 0.05) is 24.3 Å². The number of nitrogens with zero attached hydrogens (tertiary/aromatic N) is 2. The van der Waals surface area contributed by atoms with Crippen LogP contribution < -0.4 is 0 Å². The number of carbonyl (C=O) groups excluding carboxylic acids is 2. The second-order valence-corrected chi connectivity index (χ2v) is 10.2. The normalized spacial score (nSPS) is 24.2. The van der Waals surface area contributed by atoms with Gasteiger partial charge < -0.3 is 20.0 Å². The van der Waals surface area contributed by atoms with Crippen LogP contribution >= 0.6 is 23.5 Å². The zero-order valence-corrected chi connectivity index (χ0v) is 19.8. The van der Waals surface area contributed by atoms with Crippen molar-refractivity contribution < 1.29 is 29.4 Å². The number of carboxylic acids is 2. The van der Waals surface area contributed by atoms with Crippen LogP contribution in [0.4, 0.5) is 0 Å². The average Bonchev–Trinajstić information content (AvgIpc) is 3.49. The first-order valence-corrected chi connectivity index (χ1v) is 12.9. The highest BCUT2D eigenvalue weighted by Crippen LogP contribution is 2.43. The van der Waals surface area contributed by atoms with Crippen molar-refractivity contribution in [2.45, 2.75) is 35.7 Å². The molecule has 2 amide bonds. The lowest BCUT2D eigenvalue weighted by molar-refractivity contribution is -0.151. The van der Waals surface area contributed by atoms with Gasteiger partial charge in [-0.25, -0.2) is 9.59 Å². The van der Waals surface area contributed by atoms with Crippen LogP contribution in [0.15, 0.2) is 60.7 Å². The molecule has 2 saturated heterocycles. The predicted molar refractivity (Wildman–Crippen MR) is 129 cm³/mol. The first-order valence-electron chi connectivity index (χ1n) is 10.8. The SMILES string of the molecule is O=C(O)[C@@H]1CSC(c2ccccc2)N1C(=O)CCC(=O)N1C(c2ccccc2)SC[C@H]1C(=O)O. The third-order valence-electron chi connectivity index (χ3n) is 5.87. The van der Waals surface area contributed by atoms with Gasteiger partial charge in [-0.3, -0.25) is 9.59 Å². The van der Waals surface area contributed by atoms with Crippen LogP contribution in [-0.4, -0.2) is 67.4 Å². The molecule has 8 nitrogen and oxygen atoms in total. The van der Waals surface area contributed by atoms with Crippen molar-refractivity contribution in [2.75, 3.05) is 11.5 Å².